The molecule has 0 saturated heterocycles. The van der Waals surface area contributed by atoms with E-state index in [0.29, 0.717) is 0 Å². The summed E-state index contributed by atoms with van der Waals surface area (Å²) in [5.74, 6) is 0. The largest absolute Gasteiger partial charge is 0.399 e. The molecule has 0 amide bonds. The van der Waals surface area contributed by atoms with E-state index in [4.69, 9.17) is 5.73 Å². The van der Waals surface area contributed by atoms with E-state index < -0.39 is 0 Å². The molecule has 0 spiro atoms. The van der Waals surface area contributed by atoms with Crippen molar-refractivity contribution < 1.29 is 0 Å². The maximum absolute atomic E-state index is 6.04. The third kappa shape index (κ3) is 3.29. The molecule has 0 aliphatic heterocycles. The Morgan fingerprint density at radius 2 is 1.26 bits per heavy atom. The molecule has 0 fully saturated rings. The van der Waals surface area contributed by atoms with Gasteiger partial charge in [-0.3, -0.25) is 0 Å². The maximum atomic E-state index is 6.04. The number of benzene rings is 3. The van der Waals surface area contributed by atoms with Crippen LogP contribution >= 0.6 is 0 Å². The van der Waals surface area contributed by atoms with Crippen molar-refractivity contribution >= 4 is 5.69 Å². The van der Waals surface area contributed by atoms with Crippen LogP contribution in [0.3, 0.4) is 0 Å². The first-order chi connectivity index (χ1) is 10.9. The van der Waals surface area contributed by atoms with Crippen LogP contribution < -0.4 is 5.73 Å². The van der Waals surface area contributed by atoms with E-state index in [9.17, 15) is 0 Å². The Bertz CT molecular complexity index is 794. The Hall–Kier alpha value is -2.54. The third-order valence-electron chi connectivity index (χ3n) is 4.19. The average molecular weight is 301 g/mol. The molecular formula is C22H23N. The highest BCUT2D eigenvalue weighted by molar-refractivity contribution is 5.85. The summed E-state index contributed by atoms with van der Waals surface area (Å²) in [6.45, 7) is 6.70. The molecule has 0 heterocycles. The lowest BCUT2D eigenvalue weighted by molar-refractivity contribution is 0.590. The lowest BCUT2D eigenvalue weighted by atomic mass is 9.85. The summed E-state index contributed by atoms with van der Waals surface area (Å²) in [4.78, 5) is 0. The van der Waals surface area contributed by atoms with E-state index in [1.165, 1.54) is 27.8 Å². The van der Waals surface area contributed by atoms with E-state index in [2.05, 4.69) is 81.4 Å². The van der Waals surface area contributed by atoms with Gasteiger partial charge in [0.05, 0.1) is 0 Å². The van der Waals surface area contributed by atoms with Crippen LogP contribution in [0, 0.1) is 0 Å². The molecule has 3 rings (SSSR count). The van der Waals surface area contributed by atoms with Crippen LogP contribution in [0.1, 0.15) is 26.3 Å². The van der Waals surface area contributed by atoms with E-state index in [0.717, 1.165) is 5.69 Å². The molecule has 1 nitrogen and oxygen atoms in total. The Labute approximate surface area is 138 Å². The zero-order valence-corrected chi connectivity index (χ0v) is 14.0. The number of nitrogen functional groups attached to an aromatic ring is 1. The van der Waals surface area contributed by atoms with Crippen LogP contribution in [0.25, 0.3) is 22.3 Å². The second-order valence-electron chi connectivity index (χ2n) is 7.00. The minimum absolute atomic E-state index is 0.163. The fraction of sp³-hybridized carbons (Fsp3) is 0.182. The molecule has 3 aromatic rings. The summed E-state index contributed by atoms with van der Waals surface area (Å²) in [6.07, 6.45) is 0. The topological polar surface area (TPSA) is 26.0 Å². The predicted molar refractivity (Wildman–Crippen MR) is 100 cm³/mol. The summed E-state index contributed by atoms with van der Waals surface area (Å²) < 4.78 is 0. The van der Waals surface area contributed by atoms with Crippen molar-refractivity contribution in [3.8, 4) is 22.3 Å². The summed E-state index contributed by atoms with van der Waals surface area (Å²) >= 11 is 0. The van der Waals surface area contributed by atoms with Crippen molar-refractivity contribution in [2.24, 2.45) is 0 Å². The van der Waals surface area contributed by atoms with Crippen molar-refractivity contribution in [3.63, 3.8) is 0 Å². The van der Waals surface area contributed by atoms with Crippen molar-refractivity contribution in [1.82, 2.24) is 0 Å². The molecule has 23 heavy (non-hydrogen) atoms. The Morgan fingerprint density at radius 3 is 1.87 bits per heavy atom. The van der Waals surface area contributed by atoms with Crippen LogP contribution in [0.2, 0.25) is 0 Å². The summed E-state index contributed by atoms with van der Waals surface area (Å²) in [7, 11) is 0. The predicted octanol–water partition coefficient (Wildman–Crippen LogP) is 5.90. The van der Waals surface area contributed by atoms with E-state index in [1.807, 2.05) is 12.1 Å². The molecular weight excluding hydrogens is 278 g/mol. The molecule has 0 unspecified atom stereocenters. The number of rotatable bonds is 2. The number of hydrogen-bond donors (Lipinski definition) is 1. The smallest absolute Gasteiger partial charge is 0.0320 e. The third-order valence-corrected chi connectivity index (χ3v) is 4.19. The van der Waals surface area contributed by atoms with Gasteiger partial charge >= 0.3 is 0 Å². The lowest BCUT2D eigenvalue weighted by Gasteiger charge is -2.19. The van der Waals surface area contributed by atoms with Gasteiger partial charge in [-0.2, -0.15) is 0 Å². The standard InChI is InChI=1S/C22H23N/c1-22(2,3)18-11-9-17(10-12-18)21-15-19(23)13-14-20(21)16-7-5-4-6-8-16/h4-15H,23H2,1-3H3. The van der Waals surface area contributed by atoms with Gasteiger partial charge in [-0.25, -0.2) is 0 Å². The molecule has 0 aromatic heterocycles. The summed E-state index contributed by atoms with van der Waals surface area (Å²) in [5.41, 5.74) is 13.1. The van der Waals surface area contributed by atoms with E-state index in [1.54, 1.807) is 0 Å². The SMILES string of the molecule is CC(C)(C)c1ccc(-c2cc(N)ccc2-c2ccccc2)cc1. The van der Waals surface area contributed by atoms with Crippen LogP contribution in [0.4, 0.5) is 5.69 Å². The number of hydrogen-bond acceptors (Lipinski definition) is 1. The quantitative estimate of drug-likeness (QED) is 0.586. The zero-order chi connectivity index (χ0) is 16.4. The minimum atomic E-state index is 0.163. The van der Waals surface area contributed by atoms with Gasteiger partial charge in [0.25, 0.3) is 0 Å². The molecule has 0 radical (unpaired) electrons. The second kappa shape index (κ2) is 5.92. The van der Waals surface area contributed by atoms with Gasteiger partial charge in [0.1, 0.15) is 0 Å². The Balaban J connectivity index is 2.11. The fourth-order valence-corrected chi connectivity index (χ4v) is 2.82. The summed E-state index contributed by atoms with van der Waals surface area (Å²) in [5, 5.41) is 0. The highest BCUT2D eigenvalue weighted by Gasteiger charge is 2.14. The van der Waals surface area contributed by atoms with Crippen molar-refractivity contribution in [2.45, 2.75) is 26.2 Å². The van der Waals surface area contributed by atoms with Gasteiger partial charge in [-0.15, -0.1) is 0 Å². The average Bonchev–Trinajstić information content (AvgIpc) is 2.55. The molecule has 0 bridgehead atoms. The van der Waals surface area contributed by atoms with Crippen LogP contribution in [-0.2, 0) is 5.41 Å². The van der Waals surface area contributed by atoms with Gasteiger partial charge in [0, 0.05) is 5.69 Å². The molecule has 0 atom stereocenters. The monoisotopic (exact) mass is 301 g/mol. The molecule has 0 aliphatic rings. The fourth-order valence-electron chi connectivity index (χ4n) is 2.82. The second-order valence-corrected chi connectivity index (χ2v) is 7.00. The number of anilines is 1. The van der Waals surface area contributed by atoms with Crippen LogP contribution in [0.15, 0.2) is 72.8 Å². The van der Waals surface area contributed by atoms with Gasteiger partial charge in [-0.05, 0) is 45.4 Å². The van der Waals surface area contributed by atoms with Gasteiger partial charge in [0.2, 0.25) is 0 Å². The van der Waals surface area contributed by atoms with Crippen molar-refractivity contribution in [3.05, 3.63) is 78.4 Å². The van der Waals surface area contributed by atoms with Crippen molar-refractivity contribution in [1.29, 1.82) is 0 Å². The normalized spacial score (nSPS) is 11.4. The van der Waals surface area contributed by atoms with Gasteiger partial charge < -0.3 is 5.73 Å². The Kier molecular flexibility index (Phi) is 3.96. The first-order valence-corrected chi connectivity index (χ1v) is 8.01. The van der Waals surface area contributed by atoms with Crippen molar-refractivity contribution in [2.75, 3.05) is 5.73 Å². The first-order valence-electron chi connectivity index (χ1n) is 8.01. The molecule has 1 heteroatoms. The van der Waals surface area contributed by atoms with Crippen LogP contribution in [0.5, 0.6) is 0 Å². The highest BCUT2D eigenvalue weighted by Crippen LogP contribution is 2.34. The van der Waals surface area contributed by atoms with E-state index in [-0.39, 0.29) is 5.41 Å². The lowest BCUT2D eigenvalue weighted by Crippen LogP contribution is -2.10. The zero-order valence-electron chi connectivity index (χ0n) is 14.0. The minimum Gasteiger partial charge on any atom is -0.399 e. The summed E-state index contributed by atoms with van der Waals surface area (Å²) in [6, 6.07) is 25.4. The van der Waals surface area contributed by atoms with Gasteiger partial charge in [0.15, 0.2) is 0 Å². The highest BCUT2D eigenvalue weighted by atomic mass is 14.5. The first kappa shape index (κ1) is 15.4. The maximum Gasteiger partial charge on any atom is 0.0320 e. The molecule has 0 saturated carbocycles. The molecule has 3 aromatic carbocycles. The van der Waals surface area contributed by atoms with E-state index >= 15 is 0 Å². The number of nitrogens with two attached hydrogens (primary N) is 1. The van der Waals surface area contributed by atoms with Crippen LogP contribution in [-0.4, -0.2) is 0 Å². The molecule has 0 aliphatic carbocycles. The molecule has 2 N–H and O–H groups in total. The van der Waals surface area contributed by atoms with Gasteiger partial charge in [-0.1, -0.05) is 81.4 Å². The Morgan fingerprint density at radius 1 is 0.652 bits per heavy atom. The molecule has 116 valence electrons.